The fraction of sp³-hybridized carbons (Fsp3) is 0.263. The lowest BCUT2D eigenvalue weighted by molar-refractivity contribution is 0.175. The Kier molecular flexibility index (Phi) is 5.00. The van der Waals surface area contributed by atoms with Crippen LogP contribution in [-0.2, 0) is 6.42 Å². The van der Waals surface area contributed by atoms with Gasteiger partial charge in [-0.05, 0) is 35.7 Å². The zero-order valence-corrected chi connectivity index (χ0v) is 14.2. The third-order valence-electron chi connectivity index (χ3n) is 4.12. The number of aliphatic hydroxyl groups is 1. The minimum Gasteiger partial charge on any atom is -0.387 e. The molecular formula is C19H21N3O3. The highest BCUT2D eigenvalue weighted by Crippen LogP contribution is 2.21. The number of carbonyl (C=O) groups excluding carboxylic acids is 1. The molecule has 130 valence electrons. The molecule has 3 rings (SSSR count). The first kappa shape index (κ1) is 17.0. The zero-order valence-electron chi connectivity index (χ0n) is 14.2. The number of aromatic nitrogens is 1. The van der Waals surface area contributed by atoms with Gasteiger partial charge in [-0.2, -0.15) is 0 Å². The molecule has 0 saturated heterocycles. The van der Waals surface area contributed by atoms with Crippen molar-refractivity contribution < 1.29 is 14.4 Å². The zero-order chi connectivity index (χ0) is 17.8. The number of hydrogen-bond acceptors (Lipinski definition) is 4. The Morgan fingerprint density at radius 1 is 1.24 bits per heavy atom. The lowest BCUT2D eigenvalue weighted by Crippen LogP contribution is -2.32. The number of rotatable bonds is 5. The second kappa shape index (κ2) is 7.36. The van der Waals surface area contributed by atoms with Crippen LogP contribution in [0.25, 0.3) is 10.8 Å². The second-order valence-corrected chi connectivity index (χ2v) is 5.87. The van der Waals surface area contributed by atoms with Crippen LogP contribution in [0.1, 0.15) is 30.0 Å². The summed E-state index contributed by atoms with van der Waals surface area (Å²) in [6, 6.07) is 13.3. The molecule has 1 heterocycles. The summed E-state index contributed by atoms with van der Waals surface area (Å²) in [4.78, 5) is 12.1. The molecule has 0 fully saturated rings. The standard InChI is InChI=1S/C19H21N3O3/c1-3-16-18(12(2)25-22-16)21-19(24)20-11-17(23)15-9-8-13-6-4-5-7-14(13)10-15/h4-10,17,23H,3,11H2,1-2H3,(H2,20,21,24). The van der Waals surface area contributed by atoms with E-state index < -0.39 is 12.1 Å². The summed E-state index contributed by atoms with van der Waals surface area (Å²) >= 11 is 0. The van der Waals surface area contributed by atoms with Gasteiger partial charge in [-0.1, -0.05) is 48.5 Å². The first-order chi connectivity index (χ1) is 12.1. The van der Waals surface area contributed by atoms with Crippen LogP contribution >= 0.6 is 0 Å². The molecule has 0 radical (unpaired) electrons. The van der Waals surface area contributed by atoms with Crippen LogP contribution in [0, 0.1) is 6.92 Å². The van der Waals surface area contributed by atoms with Gasteiger partial charge in [0.25, 0.3) is 0 Å². The lowest BCUT2D eigenvalue weighted by Gasteiger charge is -2.14. The molecule has 0 spiro atoms. The molecule has 0 aliphatic carbocycles. The Labute approximate surface area is 145 Å². The molecule has 2 amide bonds. The molecule has 0 bridgehead atoms. The van der Waals surface area contributed by atoms with Crippen LogP contribution in [0.3, 0.4) is 0 Å². The summed E-state index contributed by atoms with van der Waals surface area (Å²) in [5, 5.41) is 21.8. The molecule has 3 aromatic rings. The van der Waals surface area contributed by atoms with E-state index in [-0.39, 0.29) is 6.54 Å². The van der Waals surface area contributed by atoms with Crippen LogP contribution in [-0.4, -0.2) is 22.8 Å². The molecule has 1 aromatic heterocycles. The number of aryl methyl sites for hydroxylation is 2. The van der Waals surface area contributed by atoms with Gasteiger partial charge >= 0.3 is 6.03 Å². The fourth-order valence-electron chi connectivity index (χ4n) is 2.70. The van der Waals surface area contributed by atoms with E-state index in [1.54, 1.807) is 6.92 Å². The Bertz CT molecular complexity index is 889. The van der Waals surface area contributed by atoms with Gasteiger partial charge in [0.05, 0.1) is 6.10 Å². The van der Waals surface area contributed by atoms with Gasteiger partial charge in [0.15, 0.2) is 5.76 Å². The van der Waals surface area contributed by atoms with E-state index in [0.717, 1.165) is 16.3 Å². The molecule has 6 heteroatoms. The van der Waals surface area contributed by atoms with Gasteiger partial charge in [-0.15, -0.1) is 0 Å². The Balaban J connectivity index is 1.61. The lowest BCUT2D eigenvalue weighted by atomic mass is 10.0. The van der Waals surface area contributed by atoms with Crippen molar-refractivity contribution in [3.8, 4) is 0 Å². The minimum atomic E-state index is -0.787. The van der Waals surface area contributed by atoms with Crippen molar-refractivity contribution in [1.29, 1.82) is 0 Å². The number of hydrogen-bond donors (Lipinski definition) is 3. The van der Waals surface area contributed by atoms with Crippen LogP contribution in [0.15, 0.2) is 47.0 Å². The number of benzene rings is 2. The van der Waals surface area contributed by atoms with E-state index in [9.17, 15) is 9.90 Å². The summed E-state index contributed by atoms with van der Waals surface area (Å²) in [5.74, 6) is 0.557. The van der Waals surface area contributed by atoms with E-state index >= 15 is 0 Å². The van der Waals surface area contributed by atoms with Gasteiger partial charge in [-0.25, -0.2) is 4.79 Å². The number of urea groups is 1. The normalized spacial score (nSPS) is 12.1. The van der Waals surface area contributed by atoms with Crippen LogP contribution in [0.2, 0.25) is 0 Å². The van der Waals surface area contributed by atoms with Crippen molar-refractivity contribution in [3.63, 3.8) is 0 Å². The van der Waals surface area contributed by atoms with Crippen molar-refractivity contribution in [3.05, 3.63) is 59.5 Å². The van der Waals surface area contributed by atoms with E-state index in [4.69, 9.17) is 4.52 Å². The Morgan fingerprint density at radius 3 is 2.76 bits per heavy atom. The first-order valence-electron chi connectivity index (χ1n) is 8.25. The minimum absolute atomic E-state index is 0.107. The van der Waals surface area contributed by atoms with Crippen molar-refractivity contribution in [2.75, 3.05) is 11.9 Å². The fourth-order valence-corrected chi connectivity index (χ4v) is 2.70. The number of anilines is 1. The summed E-state index contributed by atoms with van der Waals surface area (Å²) in [5.41, 5.74) is 2.04. The van der Waals surface area contributed by atoms with Gasteiger partial charge < -0.3 is 20.3 Å². The predicted molar refractivity (Wildman–Crippen MR) is 96.5 cm³/mol. The third-order valence-corrected chi connectivity index (χ3v) is 4.12. The van der Waals surface area contributed by atoms with Gasteiger partial charge in [0, 0.05) is 6.54 Å². The molecule has 1 unspecified atom stereocenters. The van der Waals surface area contributed by atoms with Gasteiger partial charge in [0.1, 0.15) is 11.4 Å². The highest BCUT2D eigenvalue weighted by molar-refractivity contribution is 5.90. The Morgan fingerprint density at radius 2 is 2.00 bits per heavy atom. The average Bonchev–Trinajstić information content (AvgIpc) is 2.99. The number of fused-ring (bicyclic) bond motifs is 1. The number of carbonyl (C=O) groups is 1. The van der Waals surface area contributed by atoms with E-state index in [1.807, 2.05) is 49.4 Å². The summed E-state index contributed by atoms with van der Waals surface area (Å²) in [6.07, 6.45) is -0.128. The number of nitrogens with zero attached hydrogens (tertiary/aromatic N) is 1. The summed E-state index contributed by atoms with van der Waals surface area (Å²) in [7, 11) is 0. The highest BCUT2D eigenvalue weighted by Gasteiger charge is 2.15. The van der Waals surface area contributed by atoms with Crippen molar-refractivity contribution in [2.24, 2.45) is 0 Å². The maximum absolute atomic E-state index is 12.1. The molecule has 1 atom stereocenters. The van der Waals surface area contributed by atoms with Crippen molar-refractivity contribution >= 4 is 22.5 Å². The molecule has 0 saturated carbocycles. The SMILES string of the molecule is CCc1noc(C)c1NC(=O)NCC(O)c1ccc2ccccc2c1. The second-order valence-electron chi connectivity index (χ2n) is 5.87. The quantitative estimate of drug-likeness (QED) is 0.663. The molecule has 0 aliphatic heterocycles. The van der Waals surface area contributed by atoms with Crippen LogP contribution in [0.4, 0.5) is 10.5 Å². The molecule has 0 aliphatic rings. The molecule has 3 N–H and O–H groups in total. The average molecular weight is 339 g/mol. The maximum Gasteiger partial charge on any atom is 0.319 e. The summed E-state index contributed by atoms with van der Waals surface area (Å²) in [6.45, 7) is 3.78. The van der Waals surface area contributed by atoms with E-state index in [2.05, 4.69) is 15.8 Å². The molecule has 2 aromatic carbocycles. The summed E-state index contributed by atoms with van der Waals surface area (Å²) < 4.78 is 5.08. The van der Waals surface area contributed by atoms with Crippen LogP contribution in [0.5, 0.6) is 0 Å². The molecule has 6 nitrogen and oxygen atoms in total. The monoisotopic (exact) mass is 339 g/mol. The van der Waals surface area contributed by atoms with E-state index in [0.29, 0.717) is 23.6 Å². The van der Waals surface area contributed by atoms with Crippen molar-refractivity contribution in [1.82, 2.24) is 10.5 Å². The molecule has 25 heavy (non-hydrogen) atoms. The van der Waals surface area contributed by atoms with Crippen molar-refractivity contribution in [2.45, 2.75) is 26.4 Å². The number of nitrogens with one attached hydrogen (secondary N) is 2. The number of aliphatic hydroxyl groups excluding tert-OH is 1. The Hall–Kier alpha value is -2.86. The van der Waals surface area contributed by atoms with Gasteiger partial charge in [0.2, 0.25) is 0 Å². The van der Waals surface area contributed by atoms with Crippen LogP contribution < -0.4 is 10.6 Å². The highest BCUT2D eigenvalue weighted by atomic mass is 16.5. The van der Waals surface area contributed by atoms with E-state index in [1.165, 1.54) is 0 Å². The smallest absolute Gasteiger partial charge is 0.319 e. The topological polar surface area (TPSA) is 87.4 Å². The molecular weight excluding hydrogens is 318 g/mol. The maximum atomic E-state index is 12.1. The largest absolute Gasteiger partial charge is 0.387 e. The third kappa shape index (κ3) is 3.80. The first-order valence-corrected chi connectivity index (χ1v) is 8.25. The van der Waals surface area contributed by atoms with Gasteiger partial charge in [-0.3, -0.25) is 0 Å². The number of amides is 2. The predicted octanol–water partition coefficient (Wildman–Crippen LogP) is 3.55.